The third-order valence-corrected chi connectivity index (χ3v) is 6.52. The fourth-order valence-corrected chi connectivity index (χ4v) is 4.28. The Kier molecular flexibility index (Phi) is 5.37. The van der Waals surface area contributed by atoms with E-state index < -0.39 is 16.1 Å². The smallest absolute Gasteiger partial charge is 0.250 e. The van der Waals surface area contributed by atoms with E-state index in [1.807, 2.05) is 6.92 Å². The second kappa shape index (κ2) is 6.87. The van der Waals surface area contributed by atoms with Crippen LogP contribution in [-0.2, 0) is 14.8 Å². The molecule has 8 heteroatoms. The lowest BCUT2D eigenvalue weighted by molar-refractivity contribution is -0.135. The van der Waals surface area contributed by atoms with Gasteiger partial charge in [-0.15, -0.1) is 11.3 Å². The van der Waals surface area contributed by atoms with Gasteiger partial charge >= 0.3 is 0 Å². The van der Waals surface area contributed by atoms with Crippen molar-refractivity contribution in [3.8, 4) is 0 Å². The maximum Gasteiger partial charge on any atom is 0.250 e. The number of likely N-dealkylation sites (tertiary alicyclic amines) is 1. The zero-order chi connectivity index (χ0) is 15.5. The van der Waals surface area contributed by atoms with E-state index in [2.05, 4.69) is 4.72 Å². The van der Waals surface area contributed by atoms with Crippen LogP contribution in [0.3, 0.4) is 0 Å². The lowest BCUT2D eigenvalue weighted by atomic mass is 9.96. The van der Waals surface area contributed by atoms with Crippen molar-refractivity contribution in [3.63, 3.8) is 0 Å². The normalized spacial score (nSPS) is 23.2. The van der Waals surface area contributed by atoms with Crippen molar-refractivity contribution in [3.05, 3.63) is 17.5 Å². The molecule has 2 N–H and O–H groups in total. The van der Waals surface area contributed by atoms with Gasteiger partial charge in [-0.25, -0.2) is 13.1 Å². The summed E-state index contributed by atoms with van der Waals surface area (Å²) < 4.78 is 26.4. The standard InChI is InChI=1S/C13H20N2O4S2/c1-10-5-7-15(9-11(10)16)12(17)4-6-14-21(18,19)13-3-2-8-20-13/h2-3,8,10-11,14,16H,4-7,9H2,1H3. The second-order valence-corrected chi connectivity index (χ2v) is 8.19. The number of sulfonamides is 1. The summed E-state index contributed by atoms with van der Waals surface area (Å²) in [6.07, 6.45) is 0.380. The molecular weight excluding hydrogens is 312 g/mol. The molecule has 1 aromatic rings. The summed E-state index contributed by atoms with van der Waals surface area (Å²) in [7, 11) is -3.51. The first-order chi connectivity index (χ1) is 9.90. The molecule has 1 aliphatic rings. The molecule has 1 aliphatic heterocycles. The largest absolute Gasteiger partial charge is 0.391 e. The molecule has 1 saturated heterocycles. The lowest BCUT2D eigenvalue weighted by Crippen LogP contribution is -2.46. The van der Waals surface area contributed by atoms with Crippen molar-refractivity contribution in [1.29, 1.82) is 0 Å². The Labute approximate surface area is 128 Å². The number of thiophene rings is 1. The van der Waals surface area contributed by atoms with Crippen molar-refractivity contribution >= 4 is 27.3 Å². The van der Waals surface area contributed by atoms with E-state index >= 15 is 0 Å². The summed E-state index contributed by atoms with van der Waals surface area (Å²) in [6, 6.07) is 3.19. The van der Waals surface area contributed by atoms with Crippen LogP contribution in [0.25, 0.3) is 0 Å². The molecule has 0 bridgehead atoms. The quantitative estimate of drug-likeness (QED) is 0.829. The summed E-state index contributed by atoms with van der Waals surface area (Å²) in [6.45, 7) is 2.98. The zero-order valence-electron chi connectivity index (χ0n) is 11.9. The Balaban J connectivity index is 1.80. The van der Waals surface area contributed by atoms with Crippen molar-refractivity contribution in [1.82, 2.24) is 9.62 Å². The average Bonchev–Trinajstić information content (AvgIpc) is 2.96. The number of nitrogens with zero attached hydrogens (tertiary/aromatic N) is 1. The molecule has 21 heavy (non-hydrogen) atoms. The minimum Gasteiger partial charge on any atom is -0.391 e. The summed E-state index contributed by atoms with van der Waals surface area (Å²) in [5, 5.41) is 11.5. The fourth-order valence-electron chi connectivity index (χ4n) is 2.21. The number of aliphatic hydroxyl groups excluding tert-OH is 1. The molecule has 6 nitrogen and oxygen atoms in total. The number of aliphatic hydroxyl groups is 1. The van der Waals surface area contributed by atoms with Crippen LogP contribution in [0.5, 0.6) is 0 Å². The number of piperidine rings is 1. The minimum absolute atomic E-state index is 0.0707. The number of carbonyl (C=O) groups is 1. The van der Waals surface area contributed by atoms with E-state index in [-0.39, 0.29) is 29.0 Å². The predicted octanol–water partition coefficient (Wildman–Crippen LogP) is 0.646. The van der Waals surface area contributed by atoms with Crippen LogP contribution in [0, 0.1) is 5.92 Å². The number of nitrogens with one attached hydrogen (secondary N) is 1. The van der Waals surface area contributed by atoms with Crippen molar-refractivity contribution < 1.29 is 18.3 Å². The molecule has 1 amide bonds. The number of hydrogen-bond acceptors (Lipinski definition) is 5. The summed E-state index contributed by atoms with van der Waals surface area (Å²) in [5.74, 6) is 0.0706. The number of amides is 1. The second-order valence-electron chi connectivity index (χ2n) is 5.25. The molecule has 2 heterocycles. The van der Waals surface area contributed by atoms with Crippen molar-refractivity contribution in [2.45, 2.75) is 30.1 Å². The fraction of sp³-hybridized carbons (Fsp3) is 0.615. The maximum atomic E-state index is 12.0. The molecule has 0 radical (unpaired) electrons. The van der Waals surface area contributed by atoms with Crippen LogP contribution in [-0.4, -0.2) is 50.1 Å². The Morgan fingerprint density at radius 1 is 1.57 bits per heavy atom. The first-order valence-electron chi connectivity index (χ1n) is 6.89. The topological polar surface area (TPSA) is 86.7 Å². The van der Waals surface area contributed by atoms with Crippen LogP contribution in [0.4, 0.5) is 0 Å². The molecular formula is C13H20N2O4S2. The van der Waals surface area contributed by atoms with Crippen LogP contribution in [0.1, 0.15) is 19.8 Å². The highest BCUT2D eigenvalue weighted by molar-refractivity contribution is 7.91. The van der Waals surface area contributed by atoms with E-state index in [0.717, 1.165) is 17.8 Å². The first kappa shape index (κ1) is 16.4. The number of β-amino-alcohol motifs (C(OH)–C–C–N with tert-alkyl or cyclic N) is 1. The van der Waals surface area contributed by atoms with E-state index in [1.165, 1.54) is 6.07 Å². The molecule has 2 atom stereocenters. The maximum absolute atomic E-state index is 12.0. The third kappa shape index (κ3) is 4.26. The summed E-state index contributed by atoms with van der Waals surface area (Å²) in [5.41, 5.74) is 0. The Morgan fingerprint density at radius 2 is 2.33 bits per heavy atom. The van der Waals surface area contributed by atoms with Crippen LogP contribution >= 0.6 is 11.3 Å². The van der Waals surface area contributed by atoms with Gasteiger partial charge in [0.2, 0.25) is 15.9 Å². The summed E-state index contributed by atoms with van der Waals surface area (Å²) >= 11 is 1.14. The molecule has 118 valence electrons. The number of rotatable bonds is 5. The molecule has 1 fully saturated rings. The Morgan fingerprint density at radius 3 is 2.95 bits per heavy atom. The van der Waals surface area contributed by atoms with Gasteiger partial charge in [0.05, 0.1) is 6.10 Å². The van der Waals surface area contributed by atoms with Crippen molar-refractivity contribution in [2.24, 2.45) is 5.92 Å². The van der Waals surface area contributed by atoms with Gasteiger partial charge < -0.3 is 10.0 Å². The van der Waals surface area contributed by atoms with Gasteiger partial charge in [0, 0.05) is 26.1 Å². The minimum atomic E-state index is -3.51. The van der Waals surface area contributed by atoms with Gasteiger partial charge in [0.15, 0.2) is 0 Å². The molecule has 2 rings (SSSR count). The SMILES string of the molecule is CC1CCN(C(=O)CCNS(=O)(=O)c2cccs2)CC1O. The van der Waals surface area contributed by atoms with E-state index in [1.54, 1.807) is 16.3 Å². The van der Waals surface area contributed by atoms with Crippen LogP contribution in [0.2, 0.25) is 0 Å². The molecule has 2 unspecified atom stereocenters. The van der Waals surface area contributed by atoms with Crippen molar-refractivity contribution in [2.75, 3.05) is 19.6 Å². The highest BCUT2D eigenvalue weighted by Crippen LogP contribution is 2.18. The first-order valence-corrected chi connectivity index (χ1v) is 9.25. The predicted molar refractivity (Wildman–Crippen MR) is 80.5 cm³/mol. The monoisotopic (exact) mass is 332 g/mol. The highest BCUT2D eigenvalue weighted by Gasteiger charge is 2.27. The van der Waals surface area contributed by atoms with Gasteiger partial charge in [-0.05, 0) is 23.8 Å². The molecule has 0 saturated carbocycles. The third-order valence-electron chi connectivity index (χ3n) is 3.66. The Bertz CT molecular complexity index is 571. The van der Waals surface area contributed by atoms with Crippen LogP contribution in [0.15, 0.2) is 21.7 Å². The lowest BCUT2D eigenvalue weighted by Gasteiger charge is -2.34. The van der Waals surface area contributed by atoms with Crippen LogP contribution < -0.4 is 4.72 Å². The van der Waals surface area contributed by atoms with Gasteiger partial charge in [-0.1, -0.05) is 13.0 Å². The van der Waals surface area contributed by atoms with E-state index in [4.69, 9.17) is 0 Å². The number of carbonyl (C=O) groups excluding carboxylic acids is 1. The molecule has 0 aliphatic carbocycles. The average molecular weight is 332 g/mol. The molecule has 0 aromatic carbocycles. The molecule has 1 aromatic heterocycles. The number of hydrogen-bond donors (Lipinski definition) is 2. The van der Waals surface area contributed by atoms with Gasteiger partial charge in [0.25, 0.3) is 0 Å². The van der Waals surface area contributed by atoms with Gasteiger partial charge in [-0.3, -0.25) is 4.79 Å². The van der Waals surface area contributed by atoms with E-state index in [9.17, 15) is 18.3 Å². The van der Waals surface area contributed by atoms with Gasteiger partial charge in [-0.2, -0.15) is 0 Å². The zero-order valence-corrected chi connectivity index (χ0v) is 13.5. The van der Waals surface area contributed by atoms with Gasteiger partial charge in [0.1, 0.15) is 4.21 Å². The highest BCUT2D eigenvalue weighted by atomic mass is 32.2. The van der Waals surface area contributed by atoms with E-state index in [0.29, 0.717) is 13.1 Å². The summed E-state index contributed by atoms with van der Waals surface area (Å²) in [4.78, 5) is 13.6. The Hall–Kier alpha value is -0.960. The molecule has 0 spiro atoms.